The summed E-state index contributed by atoms with van der Waals surface area (Å²) < 4.78 is 5.46. The molecule has 0 bridgehead atoms. The Kier molecular flexibility index (Phi) is 6.21. The highest BCUT2D eigenvalue weighted by Gasteiger charge is 2.29. The predicted molar refractivity (Wildman–Crippen MR) is 86.5 cm³/mol. The van der Waals surface area contributed by atoms with E-state index in [0.29, 0.717) is 12.3 Å². The number of nitrogens with one attached hydrogen (secondary N) is 1. The van der Waals surface area contributed by atoms with E-state index in [4.69, 9.17) is 4.74 Å². The zero-order valence-electron chi connectivity index (χ0n) is 13.2. The van der Waals surface area contributed by atoms with Crippen LogP contribution in [0.3, 0.4) is 0 Å². The SMILES string of the molecule is CC(C)CC(=O)N[C@H](C)[C@@H](c1cccs1)N1CCOCC1. The highest BCUT2D eigenvalue weighted by Crippen LogP contribution is 2.29. The second-order valence-corrected chi connectivity index (χ2v) is 7.04. The average molecular weight is 310 g/mol. The van der Waals surface area contributed by atoms with Gasteiger partial charge in [-0.25, -0.2) is 0 Å². The van der Waals surface area contributed by atoms with Crippen LogP contribution in [0.1, 0.15) is 38.1 Å². The van der Waals surface area contributed by atoms with Crippen molar-refractivity contribution in [3.8, 4) is 0 Å². The smallest absolute Gasteiger partial charge is 0.220 e. The number of amides is 1. The number of hydrogen-bond acceptors (Lipinski definition) is 4. The predicted octanol–water partition coefficient (Wildman–Crippen LogP) is 2.67. The van der Waals surface area contributed by atoms with Crippen LogP contribution in [-0.2, 0) is 9.53 Å². The first-order chi connectivity index (χ1) is 10.1. The first kappa shape index (κ1) is 16.5. The number of carbonyl (C=O) groups is 1. The zero-order chi connectivity index (χ0) is 15.2. The Labute approximate surface area is 131 Å². The van der Waals surface area contributed by atoms with Gasteiger partial charge in [-0.2, -0.15) is 0 Å². The zero-order valence-corrected chi connectivity index (χ0v) is 14.0. The van der Waals surface area contributed by atoms with E-state index in [9.17, 15) is 4.79 Å². The maximum atomic E-state index is 12.1. The van der Waals surface area contributed by atoms with Gasteiger partial charge in [-0.1, -0.05) is 19.9 Å². The lowest BCUT2D eigenvalue weighted by Gasteiger charge is -2.37. The monoisotopic (exact) mass is 310 g/mol. The standard InChI is InChI=1S/C16H26N2O2S/c1-12(2)11-15(19)17-13(3)16(14-5-4-10-21-14)18-6-8-20-9-7-18/h4-5,10,12-13,16H,6-9,11H2,1-3H3,(H,17,19)/t13-,16+/m1/s1. The van der Waals surface area contributed by atoms with Crippen molar-refractivity contribution in [3.63, 3.8) is 0 Å². The Morgan fingerprint density at radius 2 is 2.10 bits per heavy atom. The molecule has 1 N–H and O–H groups in total. The van der Waals surface area contributed by atoms with Gasteiger partial charge in [-0.15, -0.1) is 11.3 Å². The van der Waals surface area contributed by atoms with Crippen molar-refractivity contribution in [1.29, 1.82) is 0 Å². The third-order valence-corrected chi connectivity index (χ3v) is 4.67. The maximum Gasteiger partial charge on any atom is 0.220 e. The molecule has 0 aliphatic carbocycles. The molecular formula is C16H26N2O2S. The molecule has 5 heteroatoms. The Balaban J connectivity index is 2.05. The highest BCUT2D eigenvalue weighted by atomic mass is 32.1. The van der Waals surface area contributed by atoms with Crippen LogP contribution in [0.25, 0.3) is 0 Å². The number of thiophene rings is 1. The Bertz CT molecular complexity index is 427. The van der Waals surface area contributed by atoms with Crippen molar-refractivity contribution in [3.05, 3.63) is 22.4 Å². The molecule has 4 nitrogen and oxygen atoms in total. The third-order valence-electron chi connectivity index (χ3n) is 3.73. The van der Waals surface area contributed by atoms with E-state index in [1.807, 2.05) is 0 Å². The van der Waals surface area contributed by atoms with Gasteiger partial charge in [0.2, 0.25) is 5.91 Å². The van der Waals surface area contributed by atoms with Crippen LogP contribution in [0, 0.1) is 5.92 Å². The molecule has 2 atom stereocenters. The summed E-state index contributed by atoms with van der Waals surface area (Å²) in [6, 6.07) is 4.59. The summed E-state index contributed by atoms with van der Waals surface area (Å²) in [5, 5.41) is 5.28. The van der Waals surface area contributed by atoms with Crippen molar-refractivity contribution >= 4 is 17.2 Å². The molecular weight excluding hydrogens is 284 g/mol. The molecule has 0 spiro atoms. The lowest BCUT2D eigenvalue weighted by molar-refractivity contribution is -0.123. The number of hydrogen-bond donors (Lipinski definition) is 1. The van der Waals surface area contributed by atoms with E-state index in [1.54, 1.807) is 11.3 Å². The van der Waals surface area contributed by atoms with Crippen LogP contribution < -0.4 is 5.32 Å². The number of carbonyl (C=O) groups excluding carboxylic acids is 1. The van der Waals surface area contributed by atoms with Crippen molar-refractivity contribution in [2.24, 2.45) is 5.92 Å². The minimum atomic E-state index is 0.105. The van der Waals surface area contributed by atoms with Crippen LogP contribution in [0.5, 0.6) is 0 Å². The lowest BCUT2D eigenvalue weighted by Crippen LogP contribution is -2.48. The molecule has 2 rings (SSSR count). The van der Waals surface area contributed by atoms with E-state index < -0.39 is 0 Å². The van der Waals surface area contributed by atoms with Gasteiger partial charge in [0.1, 0.15) is 0 Å². The van der Waals surface area contributed by atoms with Crippen LogP contribution >= 0.6 is 11.3 Å². The second-order valence-electron chi connectivity index (χ2n) is 6.06. The molecule has 0 unspecified atom stereocenters. The number of ether oxygens (including phenoxy) is 1. The van der Waals surface area contributed by atoms with Gasteiger partial charge in [0.05, 0.1) is 19.3 Å². The number of morpholine rings is 1. The molecule has 0 radical (unpaired) electrons. The van der Waals surface area contributed by atoms with Gasteiger partial charge in [0.15, 0.2) is 0 Å². The number of nitrogens with zero attached hydrogens (tertiary/aromatic N) is 1. The molecule has 0 saturated carbocycles. The van der Waals surface area contributed by atoms with Gasteiger partial charge < -0.3 is 10.1 Å². The summed E-state index contributed by atoms with van der Waals surface area (Å²) >= 11 is 1.76. The van der Waals surface area contributed by atoms with Gasteiger partial charge >= 0.3 is 0 Å². The Morgan fingerprint density at radius 3 is 2.67 bits per heavy atom. The molecule has 1 aromatic rings. The van der Waals surface area contributed by atoms with E-state index in [2.05, 4.69) is 48.5 Å². The molecule has 1 saturated heterocycles. The van der Waals surface area contributed by atoms with Crippen LogP contribution in [0.2, 0.25) is 0 Å². The summed E-state index contributed by atoms with van der Waals surface area (Å²) in [6.07, 6.45) is 0.588. The van der Waals surface area contributed by atoms with Crippen LogP contribution in [-0.4, -0.2) is 43.2 Å². The normalized spacial score (nSPS) is 19.4. The quantitative estimate of drug-likeness (QED) is 0.878. The summed E-state index contributed by atoms with van der Waals surface area (Å²) in [4.78, 5) is 15.8. The summed E-state index contributed by atoms with van der Waals surface area (Å²) in [5.74, 6) is 0.535. The van der Waals surface area contributed by atoms with Crippen molar-refractivity contribution in [2.75, 3.05) is 26.3 Å². The van der Waals surface area contributed by atoms with Crippen molar-refractivity contribution < 1.29 is 9.53 Å². The Hall–Kier alpha value is -0.910. The molecule has 1 aromatic heterocycles. The summed E-state index contributed by atoms with van der Waals surface area (Å²) in [7, 11) is 0. The second kappa shape index (κ2) is 7.92. The van der Waals surface area contributed by atoms with E-state index in [0.717, 1.165) is 26.3 Å². The first-order valence-corrected chi connectivity index (χ1v) is 8.60. The maximum absolute atomic E-state index is 12.1. The van der Waals surface area contributed by atoms with E-state index in [-0.39, 0.29) is 18.0 Å². The molecule has 2 heterocycles. The minimum absolute atomic E-state index is 0.105. The molecule has 118 valence electrons. The minimum Gasteiger partial charge on any atom is -0.379 e. The topological polar surface area (TPSA) is 41.6 Å². The largest absolute Gasteiger partial charge is 0.379 e. The van der Waals surface area contributed by atoms with Crippen LogP contribution in [0.4, 0.5) is 0 Å². The van der Waals surface area contributed by atoms with E-state index in [1.165, 1.54) is 4.88 Å². The number of rotatable bonds is 6. The van der Waals surface area contributed by atoms with Gasteiger partial charge in [0, 0.05) is 30.4 Å². The first-order valence-electron chi connectivity index (χ1n) is 7.72. The third kappa shape index (κ3) is 4.80. The van der Waals surface area contributed by atoms with Gasteiger partial charge in [-0.05, 0) is 24.3 Å². The Morgan fingerprint density at radius 1 is 1.38 bits per heavy atom. The van der Waals surface area contributed by atoms with Gasteiger partial charge in [-0.3, -0.25) is 9.69 Å². The van der Waals surface area contributed by atoms with Gasteiger partial charge in [0.25, 0.3) is 0 Å². The average Bonchev–Trinajstić information content (AvgIpc) is 2.92. The van der Waals surface area contributed by atoms with Crippen LogP contribution in [0.15, 0.2) is 17.5 Å². The molecule has 21 heavy (non-hydrogen) atoms. The summed E-state index contributed by atoms with van der Waals surface area (Å²) in [6.45, 7) is 9.65. The molecule has 1 fully saturated rings. The van der Waals surface area contributed by atoms with Crippen molar-refractivity contribution in [1.82, 2.24) is 10.2 Å². The molecule has 1 aliphatic rings. The lowest BCUT2D eigenvalue weighted by atomic mass is 10.0. The van der Waals surface area contributed by atoms with Crippen molar-refractivity contribution in [2.45, 2.75) is 39.3 Å². The fourth-order valence-electron chi connectivity index (χ4n) is 2.82. The fraction of sp³-hybridized carbons (Fsp3) is 0.688. The highest BCUT2D eigenvalue weighted by molar-refractivity contribution is 7.10. The van der Waals surface area contributed by atoms with E-state index >= 15 is 0 Å². The summed E-state index contributed by atoms with van der Waals surface area (Å²) in [5.41, 5.74) is 0. The molecule has 1 aliphatic heterocycles. The molecule has 1 amide bonds. The molecule has 0 aromatic carbocycles. The fourth-order valence-corrected chi connectivity index (χ4v) is 3.78.